The van der Waals surface area contributed by atoms with Gasteiger partial charge in [0.2, 0.25) is 5.91 Å². The van der Waals surface area contributed by atoms with E-state index in [1.165, 1.54) is 12.1 Å². The zero-order valence-electron chi connectivity index (χ0n) is 10.8. The highest BCUT2D eigenvalue weighted by atomic mass is 79.9. The number of halogens is 2. The molecule has 1 aromatic rings. The Morgan fingerprint density at radius 3 is 2.84 bits per heavy atom. The van der Waals surface area contributed by atoms with Crippen molar-refractivity contribution in [3.63, 3.8) is 0 Å². The molecule has 0 bridgehead atoms. The van der Waals surface area contributed by atoms with Crippen LogP contribution >= 0.6 is 15.9 Å². The molecule has 1 aliphatic heterocycles. The second-order valence-electron chi connectivity index (χ2n) is 4.57. The van der Waals surface area contributed by atoms with Crippen molar-refractivity contribution in [1.29, 1.82) is 0 Å². The zero-order chi connectivity index (χ0) is 13.8. The van der Waals surface area contributed by atoms with E-state index in [-0.39, 0.29) is 22.7 Å². The molecule has 0 spiro atoms. The molecule has 1 heterocycles. The molecule has 3 nitrogen and oxygen atoms in total. The van der Waals surface area contributed by atoms with E-state index in [0.29, 0.717) is 19.7 Å². The predicted molar refractivity (Wildman–Crippen MR) is 74.7 cm³/mol. The SMILES string of the molecule is CCC(Br)C(=O)N1CCOC(c2ccc(F)cc2)C1. The van der Waals surface area contributed by atoms with Crippen LogP contribution in [0.1, 0.15) is 25.0 Å². The van der Waals surface area contributed by atoms with Gasteiger partial charge in [0.05, 0.1) is 18.0 Å². The van der Waals surface area contributed by atoms with Crippen molar-refractivity contribution in [3.05, 3.63) is 35.6 Å². The fraction of sp³-hybridized carbons (Fsp3) is 0.500. The van der Waals surface area contributed by atoms with Crippen LogP contribution in [0.15, 0.2) is 24.3 Å². The van der Waals surface area contributed by atoms with E-state index < -0.39 is 0 Å². The lowest BCUT2D eigenvalue weighted by Crippen LogP contribution is -2.45. The molecule has 1 saturated heterocycles. The summed E-state index contributed by atoms with van der Waals surface area (Å²) in [7, 11) is 0. The largest absolute Gasteiger partial charge is 0.370 e. The Morgan fingerprint density at radius 2 is 2.21 bits per heavy atom. The normalized spacial score (nSPS) is 21.2. The van der Waals surface area contributed by atoms with Gasteiger partial charge in [-0.15, -0.1) is 0 Å². The number of carbonyl (C=O) groups excluding carboxylic acids is 1. The van der Waals surface area contributed by atoms with Crippen molar-refractivity contribution in [3.8, 4) is 0 Å². The molecule has 2 unspecified atom stereocenters. The van der Waals surface area contributed by atoms with Crippen LogP contribution in [0.3, 0.4) is 0 Å². The Balaban J connectivity index is 2.04. The van der Waals surface area contributed by atoms with Crippen molar-refractivity contribution in [1.82, 2.24) is 4.90 Å². The second-order valence-corrected chi connectivity index (χ2v) is 5.68. The maximum atomic E-state index is 12.9. The Bertz CT molecular complexity index is 438. The molecule has 5 heteroatoms. The Hall–Kier alpha value is -0.940. The summed E-state index contributed by atoms with van der Waals surface area (Å²) >= 11 is 3.38. The summed E-state index contributed by atoms with van der Waals surface area (Å²) in [5.74, 6) is -0.170. The minimum Gasteiger partial charge on any atom is -0.370 e. The van der Waals surface area contributed by atoms with Crippen LogP contribution in [0.4, 0.5) is 4.39 Å². The van der Waals surface area contributed by atoms with Crippen LogP contribution in [0.25, 0.3) is 0 Å². The summed E-state index contributed by atoms with van der Waals surface area (Å²) in [5.41, 5.74) is 0.904. The third kappa shape index (κ3) is 3.54. The molecule has 1 aromatic carbocycles. The van der Waals surface area contributed by atoms with Crippen molar-refractivity contribution < 1.29 is 13.9 Å². The predicted octanol–water partition coefficient (Wildman–Crippen LogP) is 2.90. The minimum absolute atomic E-state index is 0.0953. The van der Waals surface area contributed by atoms with Crippen LogP contribution < -0.4 is 0 Å². The van der Waals surface area contributed by atoms with E-state index in [0.717, 1.165) is 12.0 Å². The Kier molecular flexibility index (Phi) is 4.93. The number of alkyl halides is 1. The summed E-state index contributed by atoms with van der Waals surface area (Å²) in [4.78, 5) is 13.8. The number of amides is 1. The highest BCUT2D eigenvalue weighted by Crippen LogP contribution is 2.23. The Morgan fingerprint density at radius 1 is 1.53 bits per heavy atom. The molecule has 1 fully saturated rings. The average Bonchev–Trinajstić information content (AvgIpc) is 2.46. The quantitative estimate of drug-likeness (QED) is 0.798. The molecule has 0 saturated carbocycles. The van der Waals surface area contributed by atoms with Gasteiger partial charge < -0.3 is 9.64 Å². The maximum Gasteiger partial charge on any atom is 0.236 e. The molecule has 0 aromatic heterocycles. The highest BCUT2D eigenvalue weighted by Gasteiger charge is 2.28. The van der Waals surface area contributed by atoms with Crippen molar-refractivity contribution in [2.24, 2.45) is 0 Å². The van der Waals surface area contributed by atoms with E-state index in [1.54, 1.807) is 17.0 Å². The smallest absolute Gasteiger partial charge is 0.236 e. The molecule has 19 heavy (non-hydrogen) atoms. The van der Waals surface area contributed by atoms with Gasteiger partial charge in [-0.25, -0.2) is 4.39 Å². The van der Waals surface area contributed by atoms with Gasteiger partial charge in [-0.3, -0.25) is 4.79 Å². The first-order valence-electron chi connectivity index (χ1n) is 6.41. The average molecular weight is 330 g/mol. The molecule has 1 aliphatic rings. The first-order valence-corrected chi connectivity index (χ1v) is 7.33. The van der Waals surface area contributed by atoms with E-state index in [2.05, 4.69) is 15.9 Å². The number of ether oxygens (including phenoxy) is 1. The summed E-state index contributed by atoms with van der Waals surface area (Å²) in [6.07, 6.45) is 0.590. The topological polar surface area (TPSA) is 29.5 Å². The van der Waals surface area contributed by atoms with Crippen LogP contribution in [-0.2, 0) is 9.53 Å². The first kappa shape index (κ1) is 14.5. The third-order valence-electron chi connectivity index (χ3n) is 3.25. The van der Waals surface area contributed by atoms with Gasteiger partial charge >= 0.3 is 0 Å². The maximum absolute atomic E-state index is 12.9. The van der Waals surface area contributed by atoms with E-state index >= 15 is 0 Å². The molecular formula is C14H17BrFNO2. The number of rotatable bonds is 3. The van der Waals surface area contributed by atoms with Gasteiger partial charge in [0, 0.05) is 6.54 Å². The van der Waals surface area contributed by atoms with Gasteiger partial charge in [-0.05, 0) is 24.1 Å². The number of morpholine rings is 1. The van der Waals surface area contributed by atoms with Crippen molar-refractivity contribution in [2.45, 2.75) is 24.3 Å². The summed E-state index contributed by atoms with van der Waals surface area (Å²) in [6, 6.07) is 6.25. The number of benzene rings is 1. The number of hydrogen-bond acceptors (Lipinski definition) is 2. The van der Waals surface area contributed by atoms with Gasteiger partial charge in [0.25, 0.3) is 0 Å². The van der Waals surface area contributed by atoms with Crippen LogP contribution in [0, 0.1) is 5.82 Å². The fourth-order valence-electron chi connectivity index (χ4n) is 2.10. The van der Waals surface area contributed by atoms with E-state index in [1.807, 2.05) is 6.92 Å². The first-order chi connectivity index (χ1) is 9.11. The zero-order valence-corrected chi connectivity index (χ0v) is 12.4. The molecule has 0 aliphatic carbocycles. The Labute approximate surface area is 120 Å². The molecule has 0 radical (unpaired) electrons. The third-order valence-corrected chi connectivity index (χ3v) is 4.29. The molecule has 2 rings (SSSR count). The van der Waals surface area contributed by atoms with E-state index in [9.17, 15) is 9.18 Å². The van der Waals surface area contributed by atoms with Crippen LogP contribution in [0.5, 0.6) is 0 Å². The molecular weight excluding hydrogens is 313 g/mol. The monoisotopic (exact) mass is 329 g/mol. The van der Waals surface area contributed by atoms with Crippen LogP contribution in [0.2, 0.25) is 0 Å². The lowest BCUT2D eigenvalue weighted by Gasteiger charge is -2.34. The van der Waals surface area contributed by atoms with Gasteiger partial charge in [-0.2, -0.15) is 0 Å². The van der Waals surface area contributed by atoms with Crippen LogP contribution in [-0.4, -0.2) is 35.3 Å². The molecule has 2 atom stereocenters. The van der Waals surface area contributed by atoms with Gasteiger partial charge in [-0.1, -0.05) is 35.0 Å². The van der Waals surface area contributed by atoms with Crippen molar-refractivity contribution in [2.75, 3.05) is 19.7 Å². The fourth-order valence-corrected chi connectivity index (χ4v) is 2.39. The number of nitrogens with zero attached hydrogens (tertiary/aromatic N) is 1. The summed E-state index contributed by atoms with van der Waals surface area (Å²) < 4.78 is 18.6. The van der Waals surface area contributed by atoms with Crippen molar-refractivity contribution >= 4 is 21.8 Å². The molecule has 104 valence electrons. The number of carbonyl (C=O) groups is 1. The lowest BCUT2D eigenvalue weighted by atomic mass is 10.1. The highest BCUT2D eigenvalue weighted by molar-refractivity contribution is 9.10. The van der Waals surface area contributed by atoms with Gasteiger partial charge in [0.15, 0.2) is 0 Å². The number of hydrogen-bond donors (Lipinski definition) is 0. The standard InChI is InChI=1S/C14H17BrFNO2/c1-2-12(15)14(18)17-7-8-19-13(9-17)10-3-5-11(16)6-4-10/h3-6,12-13H,2,7-9H2,1H3. The molecule has 0 N–H and O–H groups in total. The lowest BCUT2D eigenvalue weighted by molar-refractivity contribution is -0.138. The summed E-state index contributed by atoms with van der Waals surface area (Å²) in [5, 5.41) is 0. The molecule has 1 amide bonds. The summed E-state index contributed by atoms with van der Waals surface area (Å²) in [6.45, 7) is 3.61. The minimum atomic E-state index is -0.265. The van der Waals surface area contributed by atoms with E-state index in [4.69, 9.17) is 4.74 Å². The second kappa shape index (κ2) is 6.48. The van der Waals surface area contributed by atoms with Gasteiger partial charge in [0.1, 0.15) is 11.9 Å².